The van der Waals surface area contributed by atoms with Gasteiger partial charge >= 0.3 is 0 Å². The zero-order valence-corrected chi connectivity index (χ0v) is 11.0. The van der Waals surface area contributed by atoms with Crippen LogP contribution in [-0.2, 0) is 11.3 Å². The first kappa shape index (κ1) is 12.2. The van der Waals surface area contributed by atoms with Gasteiger partial charge in [0, 0.05) is 30.7 Å². The van der Waals surface area contributed by atoms with E-state index in [1.54, 1.807) is 6.26 Å². The molecule has 2 saturated carbocycles. The first-order valence-corrected chi connectivity index (χ1v) is 7.09. The van der Waals surface area contributed by atoms with E-state index in [2.05, 4.69) is 17.4 Å². The lowest BCUT2D eigenvalue weighted by Gasteiger charge is -2.54. The molecule has 1 N–H and O–H groups in total. The summed E-state index contributed by atoms with van der Waals surface area (Å²) in [6, 6.07) is 2.51. The Balaban J connectivity index is 1.59. The first-order valence-electron chi connectivity index (χ1n) is 7.09. The summed E-state index contributed by atoms with van der Waals surface area (Å²) in [5, 5.41) is 7.59. The molecule has 0 aliphatic heterocycles. The molecule has 0 aromatic carbocycles. The topological polar surface area (TPSA) is 47.3 Å². The van der Waals surface area contributed by atoms with Crippen molar-refractivity contribution in [2.75, 3.05) is 6.61 Å². The Morgan fingerprint density at radius 2 is 2.33 bits per heavy atom. The largest absolute Gasteiger partial charge is 0.378 e. The summed E-state index contributed by atoms with van der Waals surface area (Å²) in [5.41, 5.74) is 1.39. The summed E-state index contributed by atoms with van der Waals surface area (Å²) < 4.78 is 10.8. The molecular weight excluding hydrogens is 228 g/mol. The third-order valence-electron chi connectivity index (χ3n) is 4.71. The van der Waals surface area contributed by atoms with Gasteiger partial charge in [0.2, 0.25) is 0 Å². The van der Waals surface area contributed by atoms with Crippen LogP contribution in [0.2, 0.25) is 0 Å². The van der Waals surface area contributed by atoms with E-state index in [1.807, 2.05) is 6.07 Å². The molecule has 0 bridgehead atoms. The van der Waals surface area contributed by atoms with Gasteiger partial charge in [0.15, 0.2) is 0 Å². The molecule has 0 saturated heterocycles. The van der Waals surface area contributed by atoms with Crippen LogP contribution >= 0.6 is 0 Å². The van der Waals surface area contributed by atoms with Crippen molar-refractivity contribution in [1.82, 2.24) is 10.5 Å². The van der Waals surface area contributed by atoms with Gasteiger partial charge < -0.3 is 14.6 Å². The molecule has 2 aliphatic rings. The van der Waals surface area contributed by atoms with Crippen LogP contribution < -0.4 is 5.32 Å². The Kier molecular flexibility index (Phi) is 3.39. The highest BCUT2D eigenvalue weighted by Crippen LogP contribution is 2.54. The van der Waals surface area contributed by atoms with Crippen molar-refractivity contribution in [2.24, 2.45) is 5.41 Å². The van der Waals surface area contributed by atoms with Gasteiger partial charge in [-0.2, -0.15) is 0 Å². The second-order valence-electron chi connectivity index (χ2n) is 5.54. The summed E-state index contributed by atoms with van der Waals surface area (Å²) in [6.07, 6.45) is 8.58. The molecule has 2 atom stereocenters. The van der Waals surface area contributed by atoms with Gasteiger partial charge in [0.1, 0.15) is 6.26 Å². The van der Waals surface area contributed by atoms with Crippen LogP contribution in [0, 0.1) is 5.41 Å². The quantitative estimate of drug-likeness (QED) is 0.872. The number of nitrogens with zero attached hydrogens (tertiary/aromatic N) is 1. The molecule has 18 heavy (non-hydrogen) atoms. The lowest BCUT2D eigenvalue weighted by Crippen LogP contribution is -2.62. The standard InChI is InChI=1S/C14H22N2O2/c1-2-17-13-9-12(14(13)6-3-4-7-14)15-10-11-5-8-18-16-11/h5,8,12-13,15H,2-4,6-7,9-10H2,1H3. The number of ether oxygens (including phenoxy) is 1. The molecule has 0 amide bonds. The van der Waals surface area contributed by atoms with E-state index in [-0.39, 0.29) is 0 Å². The van der Waals surface area contributed by atoms with Crippen molar-refractivity contribution in [3.63, 3.8) is 0 Å². The van der Waals surface area contributed by atoms with Crippen molar-refractivity contribution < 1.29 is 9.26 Å². The molecule has 2 unspecified atom stereocenters. The lowest BCUT2D eigenvalue weighted by molar-refractivity contribution is -0.130. The number of nitrogens with one attached hydrogen (secondary N) is 1. The third-order valence-corrected chi connectivity index (χ3v) is 4.71. The predicted molar refractivity (Wildman–Crippen MR) is 68.1 cm³/mol. The predicted octanol–water partition coefficient (Wildman–Crippen LogP) is 2.50. The van der Waals surface area contributed by atoms with Gasteiger partial charge in [-0.25, -0.2) is 0 Å². The second-order valence-corrected chi connectivity index (χ2v) is 5.54. The maximum Gasteiger partial charge on any atom is 0.124 e. The minimum Gasteiger partial charge on any atom is -0.378 e. The second kappa shape index (κ2) is 5.02. The van der Waals surface area contributed by atoms with Crippen LogP contribution in [0.4, 0.5) is 0 Å². The van der Waals surface area contributed by atoms with E-state index >= 15 is 0 Å². The van der Waals surface area contributed by atoms with Crippen LogP contribution in [0.3, 0.4) is 0 Å². The molecule has 1 heterocycles. The summed E-state index contributed by atoms with van der Waals surface area (Å²) in [6.45, 7) is 3.74. The molecule has 3 rings (SSSR count). The molecule has 1 spiro atoms. The average Bonchev–Trinajstić information content (AvgIpc) is 3.03. The Bertz CT molecular complexity index is 371. The summed E-state index contributed by atoms with van der Waals surface area (Å²) in [4.78, 5) is 0. The number of aromatic nitrogens is 1. The number of hydrogen-bond donors (Lipinski definition) is 1. The molecule has 1 aromatic heterocycles. The molecular formula is C14H22N2O2. The van der Waals surface area contributed by atoms with Gasteiger partial charge in [-0.15, -0.1) is 0 Å². The van der Waals surface area contributed by atoms with Crippen LogP contribution in [-0.4, -0.2) is 23.9 Å². The number of rotatable bonds is 5. The minimum absolute atomic E-state index is 0.403. The van der Waals surface area contributed by atoms with Gasteiger partial charge in [0.25, 0.3) is 0 Å². The Morgan fingerprint density at radius 1 is 1.50 bits per heavy atom. The van der Waals surface area contributed by atoms with Gasteiger partial charge in [-0.3, -0.25) is 0 Å². The highest BCUT2D eigenvalue weighted by Gasteiger charge is 2.56. The van der Waals surface area contributed by atoms with E-state index < -0.39 is 0 Å². The van der Waals surface area contributed by atoms with Crippen LogP contribution in [0.15, 0.2) is 16.9 Å². The highest BCUT2D eigenvalue weighted by molar-refractivity contribution is 5.10. The molecule has 4 nitrogen and oxygen atoms in total. The summed E-state index contributed by atoms with van der Waals surface area (Å²) >= 11 is 0. The summed E-state index contributed by atoms with van der Waals surface area (Å²) in [7, 11) is 0. The fourth-order valence-electron chi connectivity index (χ4n) is 3.73. The van der Waals surface area contributed by atoms with Gasteiger partial charge in [0.05, 0.1) is 11.8 Å². The van der Waals surface area contributed by atoms with Gasteiger partial charge in [-0.05, 0) is 26.2 Å². The number of hydrogen-bond acceptors (Lipinski definition) is 4. The normalized spacial score (nSPS) is 29.6. The van der Waals surface area contributed by atoms with Crippen LogP contribution in [0.5, 0.6) is 0 Å². The lowest BCUT2D eigenvalue weighted by atomic mass is 9.60. The maximum absolute atomic E-state index is 5.91. The van der Waals surface area contributed by atoms with E-state index in [9.17, 15) is 0 Å². The van der Waals surface area contributed by atoms with Crippen molar-refractivity contribution in [1.29, 1.82) is 0 Å². The van der Waals surface area contributed by atoms with Crippen molar-refractivity contribution in [3.8, 4) is 0 Å². The SMILES string of the molecule is CCOC1CC(NCc2ccon2)C12CCCC2. The Morgan fingerprint density at radius 3 is 3.00 bits per heavy atom. The molecule has 100 valence electrons. The molecule has 2 fully saturated rings. The average molecular weight is 250 g/mol. The maximum atomic E-state index is 5.91. The molecule has 4 heteroatoms. The fourth-order valence-corrected chi connectivity index (χ4v) is 3.73. The smallest absolute Gasteiger partial charge is 0.124 e. The molecule has 0 radical (unpaired) electrons. The van der Waals surface area contributed by atoms with E-state index in [0.717, 1.165) is 25.3 Å². The summed E-state index contributed by atoms with van der Waals surface area (Å²) in [5.74, 6) is 0. The van der Waals surface area contributed by atoms with Crippen LogP contribution in [0.25, 0.3) is 0 Å². The Hall–Kier alpha value is -0.870. The Labute approximate surface area is 108 Å². The first-order chi connectivity index (χ1) is 8.85. The molecule has 2 aliphatic carbocycles. The van der Waals surface area contributed by atoms with Crippen molar-refractivity contribution in [2.45, 2.75) is 57.7 Å². The monoisotopic (exact) mass is 250 g/mol. The zero-order chi connectivity index (χ0) is 12.4. The van der Waals surface area contributed by atoms with Crippen LogP contribution in [0.1, 0.15) is 44.7 Å². The fraction of sp³-hybridized carbons (Fsp3) is 0.786. The van der Waals surface area contributed by atoms with Gasteiger partial charge in [-0.1, -0.05) is 18.0 Å². The third kappa shape index (κ3) is 1.97. The molecule has 1 aromatic rings. The zero-order valence-electron chi connectivity index (χ0n) is 11.0. The van der Waals surface area contributed by atoms with Crippen molar-refractivity contribution in [3.05, 3.63) is 18.0 Å². The van der Waals surface area contributed by atoms with E-state index in [4.69, 9.17) is 9.26 Å². The van der Waals surface area contributed by atoms with E-state index in [1.165, 1.54) is 25.7 Å². The van der Waals surface area contributed by atoms with E-state index in [0.29, 0.717) is 17.6 Å². The highest BCUT2D eigenvalue weighted by atomic mass is 16.5. The minimum atomic E-state index is 0.403. The van der Waals surface area contributed by atoms with Crippen molar-refractivity contribution >= 4 is 0 Å².